The largest absolute Gasteiger partial charge is 0.507 e. The molecule has 29 heavy (non-hydrogen) atoms. The molecule has 5 heteroatoms. The van der Waals surface area contributed by atoms with Crippen LogP contribution in [-0.2, 0) is 0 Å². The molecule has 1 fully saturated rings. The summed E-state index contributed by atoms with van der Waals surface area (Å²) in [7, 11) is 1.72. The Bertz CT molecular complexity index is 885. The third-order valence-electron chi connectivity index (χ3n) is 6.27. The van der Waals surface area contributed by atoms with Crippen molar-refractivity contribution in [3.63, 3.8) is 0 Å². The van der Waals surface area contributed by atoms with Gasteiger partial charge in [0.15, 0.2) is 0 Å². The molecule has 1 spiro atoms. The fourth-order valence-electron chi connectivity index (χ4n) is 4.60. The normalized spacial score (nSPS) is 21.9. The number of phenols is 1. The molecule has 2 heterocycles. The molecule has 2 aromatic rings. The van der Waals surface area contributed by atoms with Gasteiger partial charge in [-0.2, -0.15) is 0 Å². The van der Waals surface area contributed by atoms with E-state index in [0.717, 1.165) is 48.5 Å². The van der Waals surface area contributed by atoms with Crippen LogP contribution in [0.3, 0.4) is 0 Å². The van der Waals surface area contributed by atoms with Crippen LogP contribution < -0.4 is 10.1 Å². The van der Waals surface area contributed by atoms with Crippen LogP contribution in [0.4, 0.5) is 0 Å². The van der Waals surface area contributed by atoms with E-state index in [1.807, 2.05) is 30.3 Å². The first-order valence-electron chi connectivity index (χ1n) is 10.5. The number of nitrogens with zero attached hydrogens (tertiary/aromatic N) is 2. The van der Waals surface area contributed by atoms with Gasteiger partial charge in [-0.1, -0.05) is 30.3 Å². The zero-order chi connectivity index (χ0) is 20.4. The van der Waals surface area contributed by atoms with E-state index in [4.69, 9.17) is 9.73 Å². The van der Waals surface area contributed by atoms with E-state index >= 15 is 0 Å². The van der Waals surface area contributed by atoms with Crippen molar-refractivity contribution in [1.82, 2.24) is 10.2 Å². The monoisotopic (exact) mass is 393 g/mol. The molecule has 5 nitrogen and oxygen atoms in total. The molecular weight excluding hydrogens is 362 g/mol. The van der Waals surface area contributed by atoms with Crippen molar-refractivity contribution in [2.75, 3.05) is 20.2 Å². The molecule has 0 aromatic heterocycles. The van der Waals surface area contributed by atoms with Gasteiger partial charge in [0.2, 0.25) is 0 Å². The highest BCUT2D eigenvalue weighted by atomic mass is 16.5. The van der Waals surface area contributed by atoms with Gasteiger partial charge in [-0.25, -0.2) is 0 Å². The van der Waals surface area contributed by atoms with Crippen LogP contribution in [0, 0.1) is 0 Å². The summed E-state index contributed by atoms with van der Waals surface area (Å²) in [5, 5.41) is 14.4. The van der Waals surface area contributed by atoms with Gasteiger partial charge in [-0.05, 0) is 44.9 Å². The Hall–Kier alpha value is -2.37. The number of likely N-dealkylation sites (tertiary alicyclic amines) is 1. The number of para-hydroxylation sites is 2. The molecule has 0 radical (unpaired) electrons. The first-order valence-corrected chi connectivity index (χ1v) is 10.5. The molecule has 1 atom stereocenters. The van der Waals surface area contributed by atoms with Gasteiger partial charge < -0.3 is 14.7 Å². The number of aliphatic imine (C=N–C) groups is 1. The molecule has 154 valence electrons. The van der Waals surface area contributed by atoms with Crippen molar-refractivity contribution < 1.29 is 9.84 Å². The Kier molecular flexibility index (Phi) is 5.61. The highest BCUT2D eigenvalue weighted by molar-refractivity contribution is 6.03. The summed E-state index contributed by atoms with van der Waals surface area (Å²) in [4.78, 5) is 7.72. The Morgan fingerprint density at radius 1 is 1.10 bits per heavy atom. The predicted octanol–water partition coefficient (Wildman–Crippen LogP) is 4.13. The summed E-state index contributed by atoms with van der Waals surface area (Å²) >= 11 is 0. The van der Waals surface area contributed by atoms with Gasteiger partial charge in [-0.3, -0.25) is 10.3 Å². The Balaban J connectivity index is 1.72. The van der Waals surface area contributed by atoms with Crippen molar-refractivity contribution in [3.8, 4) is 11.5 Å². The third-order valence-corrected chi connectivity index (χ3v) is 6.27. The quantitative estimate of drug-likeness (QED) is 0.820. The zero-order valence-electron chi connectivity index (χ0n) is 17.6. The van der Waals surface area contributed by atoms with Crippen LogP contribution in [0.15, 0.2) is 53.5 Å². The topological polar surface area (TPSA) is 57.1 Å². The van der Waals surface area contributed by atoms with Crippen molar-refractivity contribution >= 4 is 5.71 Å². The molecule has 0 saturated carbocycles. The number of benzene rings is 2. The summed E-state index contributed by atoms with van der Waals surface area (Å²) in [5.41, 5.74) is 2.63. The minimum atomic E-state index is -0.313. The van der Waals surface area contributed by atoms with Gasteiger partial charge in [0.25, 0.3) is 0 Å². The molecule has 2 aromatic carbocycles. The van der Waals surface area contributed by atoms with Gasteiger partial charge in [-0.15, -0.1) is 0 Å². The number of nitrogens with one attached hydrogen (secondary N) is 1. The van der Waals surface area contributed by atoms with E-state index in [2.05, 4.69) is 36.2 Å². The minimum absolute atomic E-state index is 0.0869. The number of hydrogen-bond acceptors (Lipinski definition) is 5. The fraction of sp³-hybridized carbons (Fsp3) is 0.458. The van der Waals surface area contributed by atoms with Gasteiger partial charge in [0, 0.05) is 48.4 Å². The van der Waals surface area contributed by atoms with E-state index in [1.54, 1.807) is 13.2 Å². The highest BCUT2D eigenvalue weighted by Crippen LogP contribution is 2.38. The van der Waals surface area contributed by atoms with Crippen molar-refractivity contribution in [2.24, 2.45) is 4.99 Å². The molecule has 0 amide bonds. The van der Waals surface area contributed by atoms with Crippen LogP contribution in [0.2, 0.25) is 0 Å². The number of methoxy groups -OCH3 is 1. The first-order chi connectivity index (χ1) is 14.0. The average Bonchev–Trinajstić information content (AvgIpc) is 2.74. The molecule has 0 bridgehead atoms. The summed E-state index contributed by atoms with van der Waals surface area (Å²) in [6.45, 7) is 6.53. The van der Waals surface area contributed by atoms with Crippen LogP contribution in [0.5, 0.6) is 11.5 Å². The second-order valence-corrected chi connectivity index (χ2v) is 8.38. The van der Waals surface area contributed by atoms with Gasteiger partial charge in [0.1, 0.15) is 17.2 Å². The van der Waals surface area contributed by atoms with E-state index in [1.165, 1.54) is 0 Å². The lowest BCUT2D eigenvalue weighted by molar-refractivity contribution is 0.103. The van der Waals surface area contributed by atoms with E-state index in [9.17, 15) is 5.11 Å². The zero-order valence-corrected chi connectivity index (χ0v) is 17.6. The Labute approximate surface area is 173 Å². The molecule has 4 rings (SSSR count). The van der Waals surface area contributed by atoms with Gasteiger partial charge in [0.05, 0.1) is 7.11 Å². The van der Waals surface area contributed by atoms with Crippen LogP contribution in [-0.4, -0.2) is 47.6 Å². The Morgan fingerprint density at radius 3 is 2.48 bits per heavy atom. The third kappa shape index (κ3) is 4.02. The number of rotatable bonds is 4. The fourth-order valence-corrected chi connectivity index (χ4v) is 4.60. The number of aromatic hydroxyl groups is 1. The van der Waals surface area contributed by atoms with Crippen molar-refractivity contribution in [1.29, 1.82) is 0 Å². The average molecular weight is 394 g/mol. The number of ether oxygens (including phenoxy) is 1. The van der Waals surface area contributed by atoms with E-state index < -0.39 is 0 Å². The molecule has 2 N–H and O–H groups in total. The molecule has 2 aliphatic heterocycles. The van der Waals surface area contributed by atoms with Crippen LogP contribution in [0.1, 0.15) is 50.3 Å². The lowest BCUT2D eigenvalue weighted by Crippen LogP contribution is -2.56. The van der Waals surface area contributed by atoms with Crippen molar-refractivity contribution in [3.05, 3.63) is 59.7 Å². The van der Waals surface area contributed by atoms with Crippen molar-refractivity contribution in [2.45, 2.75) is 50.9 Å². The second kappa shape index (κ2) is 8.17. The summed E-state index contributed by atoms with van der Waals surface area (Å²) in [6.07, 6.45) is 2.62. The van der Waals surface area contributed by atoms with E-state index in [0.29, 0.717) is 18.2 Å². The summed E-state index contributed by atoms with van der Waals surface area (Å²) in [5.74, 6) is 1.18. The maximum atomic E-state index is 10.5. The lowest BCUT2D eigenvalue weighted by atomic mass is 9.87. The Morgan fingerprint density at radius 2 is 1.79 bits per heavy atom. The molecule has 0 aliphatic carbocycles. The predicted molar refractivity (Wildman–Crippen MR) is 117 cm³/mol. The lowest BCUT2D eigenvalue weighted by Gasteiger charge is -2.46. The second-order valence-electron chi connectivity index (χ2n) is 8.38. The number of hydrogen-bond donors (Lipinski definition) is 2. The molecule has 0 unspecified atom stereocenters. The minimum Gasteiger partial charge on any atom is -0.507 e. The smallest absolute Gasteiger partial charge is 0.124 e. The standard InChI is InChI=1S/C24H31N3O2/c1-17(2)27-14-12-24(13-15-27)25-20(18-8-4-6-10-22(18)28)16-21(26-24)19-9-5-7-11-23(19)29-3/h4-11,17,21,26,28H,12-16H2,1-3H3/t21-/m0/s1. The number of phenolic OH excluding ortho intramolecular Hbond substituents is 1. The molecule has 1 saturated heterocycles. The SMILES string of the molecule is COc1ccccc1[C@@H]1CC(c2ccccc2O)=NC2(CCN(C(C)C)CC2)N1. The van der Waals surface area contributed by atoms with E-state index in [-0.39, 0.29) is 11.7 Å². The summed E-state index contributed by atoms with van der Waals surface area (Å²) in [6, 6.07) is 16.4. The number of piperidine rings is 1. The molecular formula is C24H31N3O2. The van der Waals surface area contributed by atoms with Gasteiger partial charge >= 0.3 is 0 Å². The highest BCUT2D eigenvalue weighted by Gasteiger charge is 2.41. The first kappa shape index (κ1) is 19.9. The summed E-state index contributed by atoms with van der Waals surface area (Å²) < 4.78 is 5.65. The maximum Gasteiger partial charge on any atom is 0.124 e. The van der Waals surface area contributed by atoms with Crippen LogP contribution >= 0.6 is 0 Å². The van der Waals surface area contributed by atoms with Crippen LogP contribution in [0.25, 0.3) is 0 Å². The maximum absolute atomic E-state index is 10.5. The molecule has 2 aliphatic rings.